The van der Waals surface area contributed by atoms with Gasteiger partial charge < -0.3 is 14.6 Å². The van der Waals surface area contributed by atoms with Crippen molar-refractivity contribution in [3.8, 4) is 0 Å². The largest absolute Gasteiger partial charge is 0.390 e. The summed E-state index contributed by atoms with van der Waals surface area (Å²) in [5, 5.41) is 10.0. The highest BCUT2D eigenvalue weighted by atomic mass is 16.5. The molecule has 3 atom stereocenters. The Bertz CT molecular complexity index is 209. The predicted molar refractivity (Wildman–Crippen MR) is 57.7 cm³/mol. The lowest BCUT2D eigenvalue weighted by Gasteiger charge is -2.26. The predicted octanol–water partition coefficient (Wildman–Crippen LogP) is 1.73. The summed E-state index contributed by atoms with van der Waals surface area (Å²) in [5.41, 5.74) is 0.0151. The molecule has 2 rings (SSSR count). The van der Waals surface area contributed by atoms with Crippen LogP contribution in [0.2, 0.25) is 0 Å². The fourth-order valence-electron chi connectivity index (χ4n) is 2.50. The lowest BCUT2D eigenvalue weighted by Crippen LogP contribution is -2.34. The van der Waals surface area contributed by atoms with Gasteiger partial charge in [0.2, 0.25) is 0 Å². The fourth-order valence-corrected chi connectivity index (χ4v) is 2.50. The first-order valence-corrected chi connectivity index (χ1v) is 6.01. The minimum absolute atomic E-state index is 0.0151. The number of ether oxygens (including phenoxy) is 2. The molecular formula is C12H22O3. The van der Waals surface area contributed by atoms with Crippen molar-refractivity contribution < 1.29 is 14.6 Å². The summed E-state index contributed by atoms with van der Waals surface area (Å²) in [6.07, 6.45) is 4.23. The molecule has 3 nitrogen and oxygen atoms in total. The molecule has 3 heteroatoms. The average molecular weight is 214 g/mol. The van der Waals surface area contributed by atoms with Crippen molar-refractivity contribution in [1.29, 1.82) is 0 Å². The molecule has 0 bridgehead atoms. The van der Waals surface area contributed by atoms with E-state index in [1.165, 1.54) is 0 Å². The van der Waals surface area contributed by atoms with Gasteiger partial charge in [-0.2, -0.15) is 0 Å². The Morgan fingerprint density at radius 1 is 1.40 bits per heavy atom. The number of hydrogen-bond acceptors (Lipinski definition) is 3. The maximum Gasteiger partial charge on any atom is 0.0852 e. The molecule has 1 aliphatic carbocycles. The van der Waals surface area contributed by atoms with E-state index in [4.69, 9.17) is 9.47 Å². The van der Waals surface area contributed by atoms with E-state index in [9.17, 15) is 5.11 Å². The molecule has 1 aliphatic heterocycles. The normalized spacial score (nSPS) is 39.8. The van der Waals surface area contributed by atoms with Crippen LogP contribution >= 0.6 is 0 Å². The Labute approximate surface area is 91.8 Å². The third-order valence-corrected chi connectivity index (χ3v) is 3.75. The quantitative estimate of drug-likeness (QED) is 0.777. The fraction of sp³-hybridized carbons (Fsp3) is 1.00. The first kappa shape index (κ1) is 11.4. The molecule has 3 unspecified atom stereocenters. The second-order valence-electron chi connectivity index (χ2n) is 5.48. The van der Waals surface area contributed by atoms with Gasteiger partial charge in [0.25, 0.3) is 0 Å². The summed E-state index contributed by atoms with van der Waals surface area (Å²) in [6, 6.07) is 0. The third-order valence-electron chi connectivity index (χ3n) is 3.75. The van der Waals surface area contributed by atoms with Crippen molar-refractivity contribution >= 4 is 0 Å². The topological polar surface area (TPSA) is 38.7 Å². The van der Waals surface area contributed by atoms with E-state index in [1.807, 2.05) is 0 Å². The molecule has 1 saturated carbocycles. The zero-order chi connectivity index (χ0) is 10.9. The van der Waals surface area contributed by atoms with Crippen molar-refractivity contribution in [1.82, 2.24) is 0 Å². The number of rotatable bonds is 3. The summed E-state index contributed by atoms with van der Waals surface area (Å²) < 4.78 is 11.3. The van der Waals surface area contributed by atoms with E-state index in [0.29, 0.717) is 6.61 Å². The van der Waals surface area contributed by atoms with E-state index < -0.39 is 0 Å². The smallest absolute Gasteiger partial charge is 0.0852 e. The minimum atomic E-state index is -0.320. The van der Waals surface area contributed by atoms with Gasteiger partial charge in [-0.15, -0.1) is 0 Å². The average Bonchev–Trinajstić information content (AvgIpc) is 2.76. The molecule has 1 heterocycles. The van der Waals surface area contributed by atoms with Gasteiger partial charge in [0.1, 0.15) is 0 Å². The van der Waals surface area contributed by atoms with Gasteiger partial charge in [-0.05, 0) is 31.1 Å². The van der Waals surface area contributed by atoms with Crippen molar-refractivity contribution in [2.75, 3.05) is 13.2 Å². The van der Waals surface area contributed by atoms with Crippen LogP contribution in [-0.2, 0) is 9.47 Å². The molecule has 0 radical (unpaired) electrons. The van der Waals surface area contributed by atoms with Crippen molar-refractivity contribution in [2.24, 2.45) is 5.41 Å². The van der Waals surface area contributed by atoms with Crippen LogP contribution in [0, 0.1) is 5.41 Å². The molecular weight excluding hydrogens is 192 g/mol. The third kappa shape index (κ3) is 2.52. The maximum absolute atomic E-state index is 10.0. The molecule has 1 saturated heterocycles. The van der Waals surface area contributed by atoms with Crippen LogP contribution in [0.25, 0.3) is 0 Å². The Kier molecular flexibility index (Phi) is 3.33. The molecule has 0 aromatic carbocycles. The molecule has 2 fully saturated rings. The van der Waals surface area contributed by atoms with E-state index in [0.717, 1.165) is 32.3 Å². The molecule has 0 aromatic rings. The van der Waals surface area contributed by atoms with Crippen molar-refractivity contribution in [2.45, 2.75) is 57.8 Å². The van der Waals surface area contributed by atoms with Gasteiger partial charge in [0.15, 0.2) is 0 Å². The first-order chi connectivity index (χ1) is 7.09. The van der Waals surface area contributed by atoms with Crippen LogP contribution < -0.4 is 0 Å². The Morgan fingerprint density at radius 3 is 2.73 bits per heavy atom. The van der Waals surface area contributed by atoms with Crippen LogP contribution in [0.3, 0.4) is 0 Å². The van der Waals surface area contributed by atoms with Crippen LogP contribution in [0.1, 0.15) is 39.5 Å². The molecule has 1 N–H and O–H groups in total. The van der Waals surface area contributed by atoms with Crippen LogP contribution in [-0.4, -0.2) is 36.6 Å². The monoisotopic (exact) mass is 214 g/mol. The standard InChI is InChI=1S/C12H22O3/c1-12(2)6-5-10(11(12)13)15-8-9-4-3-7-14-9/h9-11,13H,3-8H2,1-2H3. The van der Waals surface area contributed by atoms with Crippen LogP contribution in [0.4, 0.5) is 0 Å². The Balaban J connectivity index is 1.75. The van der Waals surface area contributed by atoms with E-state index in [1.54, 1.807) is 0 Å². The SMILES string of the molecule is CC1(C)CCC(OCC2CCCO2)C1O. The van der Waals surface area contributed by atoms with E-state index in [2.05, 4.69) is 13.8 Å². The minimum Gasteiger partial charge on any atom is -0.390 e. The Morgan fingerprint density at radius 2 is 2.20 bits per heavy atom. The Hall–Kier alpha value is -0.120. The summed E-state index contributed by atoms with van der Waals surface area (Å²) in [5.74, 6) is 0. The van der Waals surface area contributed by atoms with Gasteiger partial charge in [-0.25, -0.2) is 0 Å². The second-order valence-corrected chi connectivity index (χ2v) is 5.48. The number of aliphatic hydroxyl groups is 1. The summed E-state index contributed by atoms with van der Waals surface area (Å²) in [6.45, 7) is 5.73. The molecule has 0 aromatic heterocycles. The second kappa shape index (κ2) is 4.40. The zero-order valence-corrected chi connectivity index (χ0v) is 9.74. The highest BCUT2D eigenvalue weighted by Crippen LogP contribution is 2.39. The molecule has 0 spiro atoms. The van der Waals surface area contributed by atoms with Crippen LogP contribution in [0.15, 0.2) is 0 Å². The maximum atomic E-state index is 10.0. The summed E-state index contributed by atoms with van der Waals surface area (Å²) in [7, 11) is 0. The summed E-state index contributed by atoms with van der Waals surface area (Å²) >= 11 is 0. The van der Waals surface area contributed by atoms with E-state index in [-0.39, 0.29) is 23.7 Å². The number of hydrogen-bond donors (Lipinski definition) is 1. The van der Waals surface area contributed by atoms with Gasteiger partial charge in [0, 0.05) is 6.61 Å². The lowest BCUT2D eigenvalue weighted by molar-refractivity contribution is -0.0765. The highest BCUT2D eigenvalue weighted by molar-refractivity contribution is 4.92. The molecule has 88 valence electrons. The zero-order valence-electron chi connectivity index (χ0n) is 9.74. The van der Waals surface area contributed by atoms with Crippen molar-refractivity contribution in [3.63, 3.8) is 0 Å². The highest BCUT2D eigenvalue weighted by Gasteiger charge is 2.41. The van der Waals surface area contributed by atoms with Gasteiger partial charge >= 0.3 is 0 Å². The molecule has 15 heavy (non-hydrogen) atoms. The van der Waals surface area contributed by atoms with E-state index >= 15 is 0 Å². The van der Waals surface area contributed by atoms with Gasteiger partial charge in [0.05, 0.1) is 24.9 Å². The summed E-state index contributed by atoms with van der Waals surface area (Å²) in [4.78, 5) is 0. The van der Waals surface area contributed by atoms with Gasteiger partial charge in [-0.3, -0.25) is 0 Å². The van der Waals surface area contributed by atoms with Crippen molar-refractivity contribution in [3.05, 3.63) is 0 Å². The van der Waals surface area contributed by atoms with Crippen LogP contribution in [0.5, 0.6) is 0 Å². The molecule has 0 amide bonds. The lowest BCUT2D eigenvalue weighted by atomic mass is 9.89. The first-order valence-electron chi connectivity index (χ1n) is 6.01. The number of aliphatic hydroxyl groups excluding tert-OH is 1. The molecule has 2 aliphatic rings. The van der Waals surface area contributed by atoms with Gasteiger partial charge in [-0.1, -0.05) is 13.8 Å².